The van der Waals surface area contributed by atoms with Gasteiger partial charge in [-0.25, -0.2) is 0 Å². The number of piperidine rings is 1. The first-order valence-electron chi connectivity index (χ1n) is 7.75. The quantitative estimate of drug-likeness (QED) is 0.640. The lowest BCUT2D eigenvalue weighted by atomic mass is 9.69. The maximum absolute atomic E-state index is 13.1. The fourth-order valence-electron chi connectivity index (χ4n) is 3.04. The normalized spacial score (nSPS) is 17.9. The van der Waals surface area contributed by atoms with Gasteiger partial charge in [-0.3, -0.25) is 4.79 Å². The number of ketones is 1. The van der Waals surface area contributed by atoms with Crippen molar-refractivity contribution in [2.75, 3.05) is 18.8 Å². The molecule has 1 fully saturated rings. The molecule has 0 unspecified atom stereocenters. The highest BCUT2D eigenvalue weighted by atomic mass is 35.5. The zero-order valence-corrected chi connectivity index (χ0v) is 13.7. The molecule has 1 aromatic carbocycles. The number of hydrogen-bond donors (Lipinski definition) is 2. The van der Waals surface area contributed by atoms with Crippen LogP contribution >= 0.6 is 11.6 Å². The molecule has 0 atom stereocenters. The number of nitrogen functional groups attached to an aromatic ring is 1. The van der Waals surface area contributed by atoms with Gasteiger partial charge in [-0.2, -0.15) is 0 Å². The number of carbonyl (C=O) groups is 1. The summed E-state index contributed by atoms with van der Waals surface area (Å²) in [6, 6.07) is 5.26. The number of nitrogens with two attached hydrogens (primary N) is 1. The molecule has 0 radical (unpaired) electrons. The molecule has 3 N–H and O–H groups in total. The van der Waals surface area contributed by atoms with E-state index < -0.39 is 0 Å². The van der Waals surface area contributed by atoms with E-state index in [1.807, 2.05) is 6.07 Å². The monoisotopic (exact) mass is 308 g/mol. The van der Waals surface area contributed by atoms with Crippen LogP contribution in [-0.2, 0) is 0 Å². The Morgan fingerprint density at radius 3 is 2.62 bits per heavy atom. The molecule has 1 aliphatic rings. The Kier molecular flexibility index (Phi) is 5.28. The average molecular weight is 309 g/mol. The Labute approximate surface area is 132 Å². The van der Waals surface area contributed by atoms with Crippen molar-refractivity contribution >= 4 is 23.1 Å². The summed E-state index contributed by atoms with van der Waals surface area (Å²) >= 11 is 6.08. The number of Topliss-reactive ketones (excluding diaryl/α,β-unsaturated/α-hetero) is 1. The average Bonchev–Trinajstić information content (AvgIpc) is 2.48. The van der Waals surface area contributed by atoms with Gasteiger partial charge in [0.1, 0.15) is 0 Å². The molecule has 4 heteroatoms. The molecule has 1 aromatic rings. The van der Waals surface area contributed by atoms with Crippen LogP contribution in [0.5, 0.6) is 0 Å². The van der Waals surface area contributed by atoms with E-state index in [9.17, 15) is 4.79 Å². The summed E-state index contributed by atoms with van der Waals surface area (Å²) in [5.41, 5.74) is 6.72. The molecule has 1 saturated heterocycles. The molecule has 1 heterocycles. The lowest BCUT2D eigenvalue weighted by Gasteiger charge is -2.37. The van der Waals surface area contributed by atoms with Crippen LogP contribution in [0.4, 0.5) is 5.69 Å². The van der Waals surface area contributed by atoms with Crippen LogP contribution in [0.2, 0.25) is 5.02 Å². The van der Waals surface area contributed by atoms with E-state index in [1.165, 1.54) is 0 Å². The van der Waals surface area contributed by atoms with Gasteiger partial charge in [0.25, 0.3) is 0 Å². The van der Waals surface area contributed by atoms with Gasteiger partial charge in [0.05, 0.1) is 10.7 Å². The fraction of sp³-hybridized carbons (Fsp3) is 0.588. The fourth-order valence-corrected chi connectivity index (χ4v) is 3.22. The summed E-state index contributed by atoms with van der Waals surface area (Å²) < 4.78 is 0. The van der Waals surface area contributed by atoms with Crippen molar-refractivity contribution in [1.82, 2.24) is 5.32 Å². The topological polar surface area (TPSA) is 55.1 Å². The Morgan fingerprint density at radius 2 is 2.05 bits per heavy atom. The first kappa shape index (κ1) is 16.3. The molecule has 0 amide bonds. The molecule has 3 nitrogen and oxygen atoms in total. The predicted molar refractivity (Wildman–Crippen MR) is 88.8 cm³/mol. The number of halogens is 1. The van der Waals surface area contributed by atoms with E-state index in [-0.39, 0.29) is 11.2 Å². The summed E-state index contributed by atoms with van der Waals surface area (Å²) in [7, 11) is 0. The lowest BCUT2D eigenvalue weighted by molar-refractivity contribution is 0.0693. The first-order chi connectivity index (χ1) is 9.94. The smallest absolute Gasteiger partial charge is 0.169 e. The maximum Gasteiger partial charge on any atom is 0.169 e. The summed E-state index contributed by atoms with van der Waals surface area (Å²) in [6.45, 7) is 6.23. The van der Waals surface area contributed by atoms with Crippen LogP contribution in [-0.4, -0.2) is 18.9 Å². The SMILES string of the molecule is CC(C)CCC1(C(=O)c2ccc(N)c(Cl)c2)CCNCC1. The number of carbonyl (C=O) groups excluding carboxylic acids is 1. The maximum atomic E-state index is 13.1. The second kappa shape index (κ2) is 6.80. The van der Waals surface area contributed by atoms with Gasteiger partial charge >= 0.3 is 0 Å². The first-order valence-corrected chi connectivity index (χ1v) is 8.13. The largest absolute Gasteiger partial charge is 0.398 e. The van der Waals surface area contributed by atoms with Crippen molar-refractivity contribution in [1.29, 1.82) is 0 Å². The minimum absolute atomic E-state index is 0.228. The molecule has 116 valence electrons. The molecule has 0 bridgehead atoms. The molecular weight excluding hydrogens is 284 g/mol. The molecule has 0 aromatic heterocycles. The summed E-state index contributed by atoms with van der Waals surface area (Å²) in [5.74, 6) is 0.839. The van der Waals surface area contributed by atoms with E-state index >= 15 is 0 Å². The number of benzene rings is 1. The third kappa shape index (κ3) is 3.78. The Hall–Kier alpha value is -1.06. The Bertz CT molecular complexity index is 508. The Balaban J connectivity index is 2.26. The van der Waals surface area contributed by atoms with Crippen molar-refractivity contribution in [2.45, 2.75) is 39.5 Å². The van der Waals surface area contributed by atoms with E-state index in [0.717, 1.165) is 38.8 Å². The molecular formula is C17H25ClN2O. The highest BCUT2D eigenvalue weighted by Crippen LogP contribution is 2.39. The minimum atomic E-state index is -0.241. The van der Waals surface area contributed by atoms with Crippen LogP contribution < -0.4 is 11.1 Å². The molecule has 1 aliphatic heterocycles. The van der Waals surface area contributed by atoms with Crippen molar-refractivity contribution in [3.05, 3.63) is 28.8 Å². The van der Waals surface area contributed by atoms with Crippen LogP contribution in [0.15, 0.2) is 18.2 Å². The van der Waals surface area contributed by atoms with Crippen molar-refractivity contribution in [3.8, 4) is 0 Å². The predicted octanol–water partition coefficient (Wildman–Crippen LogP) is 3.91. The second-order valence-corrected chi connectivity index (χ2v) is 6.94. The summed E-state index contributed by atoms with van der Waals surface area (Å²) in [6.07, 6.45) is 3.84. The Morgan fingerprint density at radius 1 is 1.38 bits per heavy atom. The van der Waals surface area contributed by atoms with Gasteiger partial charge in [0, 0.05) is 11.0 Å². The third-order valence-electron chi connectivity index (χ3n) is 4.51. The molecule has 2 rings (SSSR count). The van der Waals surface area contributed by atoms with Gasteiger partial charge in [-0.15, -0.1) is 0 Å². The number of rotatable bonds is 5. The molecule has 0 aliphatic carbocycles. The van der Waals surface area contributed by atoms with Crippen molar-refractivity contribution in [3.63, 3.8) is 0 Å². The number of hydrogen-bond acceptors (Lipinski definition) is 3. The van der Waals surface area contributed by atoms with Gasteiger partial charge in [0.2, 0.25) is 0 Å². The van der Waals surface area contributed by atoms with Gasteiger partial charge in [-0.1, -0.05) is 31.9 Å². The highest BCUT2D eigenvalue weighted by molar-refractivity contribution is 6.33. The van der Waals surface area contributed by atoms with Crippen LogP contribution in [0, 0.1) is 11.3 Å². The lowest BCUT2D eigenvalue weighted by Crippen LogP contribution is -2.42. The van der Waals surface area contributed by atoms with Crippen molar-refractivity contribution < 1.29 is 4.79 Å². The zero-order chi connectivity index (χ0) is 15.5. The molecule has 0 saturated carbocycles. The summed E-state index contributed by atoms with van der Waals surface area (Å²) in [4.78, 5) is 13.1. The number of anilines is 1. The van der Waals surface area contributed by atoms with E-state index in [1.54, 1.807) is 12.1 Å². The van der Waals surface area contributed by atoms with Crippen LogP contribution in [0.3, 0.4) is 0 Å². The van der Waals surface area contributed by atoms with Crippen LogP contribution in [0.25, 0.3) is 0 Å². The van der Waals surface area contributed by atoms with Gasteiger partial charge in [-0.05, 0) is 56.5 Å². The molecule has 21 heavy (non-hydrogen) atoms. The second-order valence-electron chi connectivity index (χ2n) is 6.53. The van der Waals surface area contributed by atoms with E-state index in [0.29, 0.717) is 22.2 Å². The summed E-state index contributed by atoms with van der Waals surface area (Å²) in [5, 5.41) is 3.82. The van der Waals surface area contributed by atoms with E-state index in [2.05, 4.69) is 19.2 Å². The standard InChI is InChI=1S/C17H25ClN2O/c1-12(2)5-6-17(7-9-20-10-8-17)16(21)13-3-4-15(19)14(18)11-13/h3-4,11-12,20H,5-10,19H2,1-2H3. The highest BCUT2D eigenvalue weighted by Gasteiger charge is 2.39. The van der Waals surface area contributed by atoms with Crippen LogP contribution in [0.1, 0.15) is 49.9 Å². The minimum Gasteiger partial charge on any atom is -0.398 e. The molecule has 0 spiro atoms. The van der Waals surface area contributed by atoms with E-state index in [4.69, 9.17) is 17.3 Å². The van der Waals surface area contributed by atoms with Crippen molar-refractivity contribution in [2.24, 2.45) is 11.3 Å². The van der Waals surface area contributed by atoms with Gasteiger partial charge in [0.15, 0.2) is 5.78 Å². The number of nitrogens with one attached hydrogen (secondary N) is 1. The third-order valence-corrected chi connectivity index (χ3v) is 4.83. The zero-order valence-electron chi connectivity index (χ0n) is 12.9. The van der Waals surface area contributed by atoms with Gasteiger partial charge < -0.3 is 11.1 Å².